The summed E-state index contributed by atoms with van der Waals surface area (Å²) in [6.07, 6.45) is 0. The standard InChI is InChI=1S/C30H21N9S3/c1-4-10-19(11-5-1)22-16-40-28(31-22)37-25-34-26(38-29-32-23(17-41-29)20-12-6-2-7-13-20)36-27(35-25)39-30-33-24(18-42-30)21-14-8-3-9-15-21/h1-18H,(H3,31,32,33,34,35,36,37,38,39). The third-order valence-corrected chi connectivity index (χ3v) is 8.29. The fourth-order valence-corrected chi connectivity index (χ4v) is 6.19. The predicted molar refractivity (Wildman–Crippen MR) is 172 cm³/mol. The number of nitrogens with zero attached hydrogens (tertiary/aromatic N) is 6. The molecule has 0 aliphatic carbocycles. The predicted octanol–water partition coefficient (Wildman–Crippen LogP) is 8.47. The highest BCUT2D eigenvalue weighted by Crippen LogP contribution is 2.30. The second kappa shape index (κ2) is 11.8. The molecule has 0 atom stereocenters. The molecule has 42 heavy (non-hydrogen) atoms. The van der Waals surface area contributed by atoms with Crippen LogP contribution in [0.3, 0.4) is 0 Å². The van der Waals surface area contributed by atoms with Gasteiger partial charge in [-0.1, -0.05) is 91.0 Å². The van der Waals surface area contributed by atoms with Crippen molar-refractivity contribution in [1.82, 2.24) is 29.9 Å². The van der Waals surface area contributed by atoms with Gasteiger partial charge in [-0.2, -0.15) is 15.0 Å². The molecule has 3 N–H and O–H groups in total. The molecule has 4 aromatic heterocycles. The van der Waals surface area contributed by atoms with Crippen LogP contribution in [0.25, 0.3) is 33.8 Å². The molecule has 9 nitrogen and oxygen atoms in total. The summed E-state index contributed by atoms with van der Waals surface area (Å²) in [6, 6.07) is 30.1. The summed E-state index contributed by atoms with van der Waals surface area (Å²) in [4.78, 5) is 28.0. The lowest BCUT2D eigenvalue weighted by molar-refractivity contribution is 1.06. The first-order valence-corrected chi connectivity index (χ1v) is 15.5. The molecule has 0 bridgehead atoms. The maximum atomic E-state index is 4.72. The average molecular weight is 604 g/mol. The first kappa shape index (κ1) is 25.9. The van der Waals surface area contributed by atoms with Gasteiger partial charge in [0.05, 0.1) is 17.1 Å². The normalized spacial score (nSPS) is 10.9. The largest absolute Gasteiger partial charge is 0.300 e. The Labute approximate surface area is 253 Å². The molecule has 0 aliphatic rings. The Hall–Kier alpha value is -5.04. The number of aromatic nitrogens is 6. The molecule has 12 heteroatoms. The number of rotatable bonds is 9. The minimum Gasteiger partial charge on any atom is -0.300 e. The van der Waals surface area contributed by atoms with Gasteiger partial charge in [-0.15, -0.1) is 34.0 Å². The van der Waals surface area contributed by atoms with E-state index in [1.54, 1.807) is 0 Å². The molecular weight excluding hydrogens is 583 g/mol. The van der Waals surface area contributed by atoms with Crippen LogP contribution in [0.1, 0.15) is 0 Å². The molecule has 0 radical (unpaired) electrons. The van der Waals surface area contributed by atoms with Crippen LogP contribution >= 0.6 is 34.0 Å². The lowest BCUT2D eigenvalue weighted by atomic mass is 10.2. The first-order chi connectivity index (χ1) is 20.7. The van der Waals surface area contributed by atoms with E-state index in [0.717, 1.165) is 33.8 Å². The molecule has 4 heterocycles. The van der Waals surface area contributed by atoms with E-state index < -0.39 is 0 Å². The molecule has 3 aromatic carbocycles. The first-order valence-electron chi connectivity index (χ1n) is 12.9. The number of nitrogens with one attached hydrogen (secondary N) is 3. The van der Waals surface area contributed by atoms with Crippen molar-refractivity contribution in [3.8, 4) is 33.8 Å². The van der Waals surface area contributed by atoms with E-state index in [9.17, 15) is 0 Å². The zero-order valence-corrected chi connectivity index (χ0v) is 24.2. The van der Waals surface area contributed by atoms with Gasteiger partial charge < -0.3 is 0 Å². The van der Waals surface area contributed by atoms with Gasteiger partial charge >= 0.3 is 0 Å². The Morgan fingerprint density at radius 2 is 0.643 bits per heavy atom. The lowest BCUT2D eigenvalue weighted by Crippen LogP contribution is -2.07. The van der Waals surface area contributed by atoms with E-state index >= 15 is 0 Å². The Kier molecular flexibility index (Phi) is 7.29. The molecule has 204 valence electrons. The molecule has 0 saturated heterocycles. The molecule has 0 unspecified atom stereocenters. The molecular formula is C30H21N9S3. The summed E-state index contributed by atoms with van der Waals surface area (Å²) in [6.45, 7) is 0. The number of thiazole rings is 3. The fraction of sp³-hybridized carbons (Fsp3) is 0. The van der Waals surface area contributed by atoms with Gasteiger partial charge in [0.25, 0.3) is 0 Å². The zero-order valence-electron chi connectivity index (χ0n) is 21.8. The maximum Gasteiger partial charge on any atom is 0.235 e. The summed E-state index contributed by atoms with van der Waals surface area (Å²) >= 11 is 4.43. The lowest BCUT2D eigenvalue weighted by Gasteiger charge is -2.08. The van der Waals surface area contributed by atoms with E-state index in [4.69, 9.17) is 15.0 Å². The number of hydrogen-bond donors (Lipinski definition) is 3. The van der Waals surface area contributed by atoms with Gasteiger partial charge in [0.2, 0.25) is 17.8 Å². The van der Waals surface area contributed by atoms with Crippen molar-refractivity contribution < 1.29 is 0 Å². The van der Waals surface area contributed by atoms with Gasteiger partial charge in [0.15, 0.2) is 15.4 Å². The minimum absolute atomic E-state index is 0.337. The smallest absolute Gasteiger partial charge is 0.235 e. The fourth-order valence-electron chi connectivity index (χ4n) is 4.05. The van der Waals surface area contributed by atoms with Crippen LogP contribution in [0, 0.1) is 0 Å². The topological polar surface area (TPSA) is 113 Å². The van der Waals surface area contributed by atoms with Crippen molar-refractivity contribution in [1.29, 1.82) is 0 Å². The molecule has 0 amide bonds. The number of hydrogen-bond acceptors (Lipinski definition) is 12. The third kappa shape index (κ3) is 6.00. The molecule has 7 aromatic rings. The second-order valence-electron chi connectivity index (χ2n) is 8.89. The van der Waals surface area contributed by atoms with Gasteiger partial charge in [0.1, 0.15) is 0 Å². The minimum atomic E-state index is 0.337. The highest BCUT2D eigenvalue weighted by molar-refractivity contribution is 7.14. The van der Waals surface area contributed by atoms with Crippen LogP contribution in [0.5, 0.6) is 0 Å². The molecule has 0 spiro atoms. The monoisotopic (exact) mass is 603 g/mol. The summed E-state index contributed by atoms with van der Waals surface area (Å²) in [5, 5.41) is 17.7. The SMILES string of the molecule is c1ccc(-c2csc(Nc3nc(Nc4nc(-c5ccccc5)cs4)nc(Nc4nc(-c5ccccc5)cs4)n3)n2)cc1. The molecule has 0 saturated carbocycles. The van der Waals surface area contributed by atoms with Crippen molar-refractivity contribution >= 4 is 67.3 Å². The van der Waals surface area contributed by atoms with Crippen molar-refractivity contribution in [3.63, 3.8) is 0 Å². The van der Waals surface area contributed by atoms with Crippen molar-refractivity contribution in [2.45, 2.75) is 0 Å². The van der Waals surface area contributed by atoms with Crippen LogP contribution in [0.15, 0.2) is 107 Å². The summed E-state index contributed by atoms with van der Waals surface area (Å²) in [5.41, 5.74) is 5.75. The van der Waals surface area contributed by atoms with Gasteiger partial charge in [-0.25, -0.2) is 15.0 Å². The van der Waals surface area contributed by atoms with Gasteiger partial charge in [-0.05, 0) is 0 Å². The highest BCUT2D eigenvalue weighted by atomic mass is 32.1. The Balaban J connectivity index is 1.17. The van der Waals surface area contributed by atoms with E-state index in [2.05, 4.69) is 30.9 Å². The van der Waals surface area contributed by atoms with Crippen molar-refractivity contribution in [2.75, 3.05) is 16.0 Å². The Morgan fingerprint density at radius 1 is 0.357 bits per heavy atom. The van der Waals surface area contributed by atoms with Crippen LogP contribution in [0.4, 0.5) is 33.2 Å². The van der Waals surface area contributed by atoms with Crippen molar-refractivity contribution in [3.05, 3.63) is 107 Å². The van der Waals surface area contributed by atoms with E-state index in [1.807, 2.05) is 107 Å². The third-order valence-electron chi connectivity index (χ3n) is 6.01. The zero-order chi connectivity index (χ0) is 28.1. The van der Waals surface area contributed by atoms with Gasteiger partial charge in [-0.3, -0.25) is 16.0 Å². The highest BCUT2D eigenvalue weighted by Gasteiger charge is 2.14. The van der Waals surface area contributed by atoms with E-state index in [1.165, 1.54) is 34.0 Å². The summed E-state index contributed by atoms with van der Waals surface area (Å²) < 4.78 is 0. The molecule has 0 fully saturated rings. The summed E-state index contributed by atoms with van der Waals surface area (Å²) in [7, 11) is 0. The second-order valence-corrected chi connectivity index (χ2v) is 11.5. The maximum absolute atomic E-state index is 4.72. The van der Waals surface area contributed by atoms with Crippen LogP contribution in [-0.4, -0.2) is 29.9 Å². The Bertz CT molecular complexity index is 1680. The Morgan fingerprint density at radius 3 is 0.929 bits per heavy atom. The molecule has 0 aliphatic heterocycles. The van der Waals surface area contributed by atoms with Crippen LogP contribution < -0.4 is 16.0 Å². The summed E-state index contributed by atoms with van der Waals surface area (Å²) in [5.74, 6) is 1.01. The number of benzene rings is 3. The van der Waals surface area contributed by atoms with Crippen LogP contribution in [-0.2, 0) is 0 Å². The van der Waals surface area contributed by atoms with Gasteiger partial charge in [0, 0.05) is 32.8 Å². The number of anilines is 6. The molecule has 7 rings (SSSR count). The van der Waals surface area contributed by atoms with Crippen molar-refractivity contribution in [2.24, 2.45) is 0 Å². The van der Waals surface area contributed by atoms with E-state index in [0.29, 0.717) is 33.2 Å². The van der Waals surface area contributed by atoms with E-state index in [-0.39, 0.29) is 0 Å². The quantitative estimate of drug-likeness (QED) is 0.149. The average Bonchev–Trinajstić information content (AvgIpc) is 3.81. The van der Waals surface area contributed by atoms with Crippen LogP contribution in [0.2, 0.25) is 0 Å².